The van der Waals surface area contributed by atoms with Gasteiger partial charge in [-0.15, -0.1) is 0 Å². The summed E-state index contributed by atoms with van der Waals surface area (Å²) < 4.78 is 23.0. The molecule has 0 aliphatic heterocycles. The minimum Gasteiger partial charge on any atom is -0.422 e. The number of aromatic nitrogens is 1. The summed E-state index contributed by atoms with van der Waals surface area (Å²) in [6.45, 7) is 0. The summed E-state index contributed by atoms with van der Waals surface area (Å²) in [7, 11) is -4.96. The van der Waals surface area contributed by atoms with Crippen LogP contribution in [0.15, 0.2) is 29.2 Å². The highest BCUT2D eigenvalue weighted by atomic mass is 32.2. The fourth-order valence-electron chi connectivity index (χ4n) is 1.61. The van der Waals surface area contributed by atoms with Gasteiger partial charge in [-0.2, -0.15) is 0 Å². The van der Waals surface area contributed by atoms with E-state index < -0.39 is 17.0 Å². The van der Waals surface area contributed by atoms with Crippen LogP contribution in [0.25, 0.3) is 10.9 Å². The van der Waals surface area contributed by atoms with E-state index in [0.717, 1.165) is 6.26 Å². The average Bonchev–Trinajstić information content (AvgIpc) is 2.58. The quantitative estimate of drug-likeness (QED) is 0.601. The molecule has 0 aliphatic rings. The number of nitrogens with one attached hydrogen (secondary N) is 1. The predicted molar refractivity (Wildman–Crippen MR) is 61.2 cm³/mol. The summed E-state index contributed by atoms with van der Waals surface area (Å²) in [6.07, 6.45) is 1.11. The molecule has 1 aromatic heterocycles. The number of hydrogen-bond acceptors (Lipinski definition) is 4. The standard InChI is InChI=1S/C9H10BNO4S/c1-16(14,15)8-4-2-3-7-6(8)5-9(11-7)10(12)13/h2-5,11-13H,1H3. The fourth-order valence-corrected chi connectivity index (χ4v) is 2.51. The van der Waals surface area contributed by atoms with Crippen LogP contribution < -0.4 is 5.59 Å². The van der Waals surface area contributed by atoms with Gasteiger partial charge >= 0.3 is 7.12 Å². The largest absolute Gasteiger partial charge is 0.505 e. The first-order valence-corrected chi connectivity index (χ1v) is 6.46. The first-order valence-electron chi connectivity index (χ1n) is 4.57. The van der Waals surface area contributed by atoms with Gasteiger partial charge in [0.15, 0.2) is 9.84 Å². The molecule has 0 saturated carbocycles. The molecular formula is C9H10BNO4S. The van der Waals surface area contributed by atoms with Crippen LogP contribution >= 0.6 is 0 Å². The highest BCUT2D eigenvalue weighted by Gasteiger charge is 2.18. The monoisotopic (exact) mass is 239 g/mol. The number of sulfone groups is 1. The van der Waals surface area contributed by atoms with E-state index in [0.29, 0.717) is 10.9 Å². The van der Waals surface area contributed by atoms with Crippen LogP contribution in [-0.2, 0) is 9.84 Å². The van der Waals surface area contributed by atoms with E-state index >= 15 is 0 Å². The van der Waals surface area contributed by atoms with Gasteiger partial charge in [0.25, 0.3) is 0 Å². The van der Waals surface area contributed by atoms with Crippen molar-refractivity contribution in [3.8, 4) is 0 Å². The van der Waals surface area contributed by atoms with Gasteiger partial charge < -0.3 is 15.0 Å². The summed E-state index contributed by atoms with van der Waals surface area (Å²) in [5.74, 6) is 0. The lowest BCUT2D eigenvalue weighted by atomic mass is 9.86. The highest BCUT2D eigenvalue weighted by Crippen LogP contribution is 2.20. The van der Waals surface area contributed by atoms with Gasteiger partial charge in [-0.25, -0.2) is 8.42 Å². The molecule has 84 valence electrons. The molecule has 1 aromatic carbocycles. The van der Waals surface area contributed by atoms with Gasteiger partial charge in [0.1, 0.15) is 0 Å². The molecule has 16 heavy (non-hydrogen) atoms. The lowest BCUT2D eigenvalue weighted by Gasteiger charge is -1.98. The van der Waals surface area contributed by atoms with Gasteiger partial charge in [-0.1, -0.05) is 6.07 Å². The Kier molecular flexibility index (Phi) is 2.53. The Labute approximate surface area is 92.8 Å². The summed E-state index contributed by atoms with van der Waals surface area (Å²) in [5, 5.41) is 18.5. The zero-order valence-corrected chi connectivity index (χ0v) is 9.32. The molecule has 2 aromatic rings. The van der Waals surface area contributed by atoms with E-state index in [9.17, 15) is 8.42 Å². The van der Waals surface area contributed by atoms with Gasteiger partial charge in [0.05, 0.1) is 4.90 Å². The van der Waals surface area contributed by atoms with Crippen molar-refractivity contribution in [2.75, 3.05) is 6.26 Å². The molecule has 0 aliphatic carbocycles. The molecule has 0 atom stereocenters. The summed E-state index contributed by atoms with van der Waals surface area (Å²) in [5.41, 5.74) is 0.733. The van der Waals surface area contributed by atoms with E-state index in [1.165, 1.54) is 12.1 Å². The van der Waals surface area contributed by atoms with Crippen LogP contribution in [0.5, 0.6) is 0 Å². The Morgan fingerprint density at radius 1 is 1.31 bits per heavy atom. The number of aromatic amines is 1. The van der Waals surface area contributed by atoms with Gasteiger partial charge in [-0.3, -0.25) is 0 Å². The van der Waals surface area contributed by atoms with Crippen LogP contribution in [0, 0.1) is 0 Å². The molecule has 0 bridgehead atoms. The molecular weight excluding hydrogens is 229 g/mol. The third kappa shape index (κ3) is 1.84. The fraction of sp³-hybridized carbons (Fsp3) is 0.111. The van der Waals surface area contributed by atoms with Crippen LogP contribution in [0.4, 0.5) is 0 Å². The zero-order valence-electron chi connectivity index (χ0n) is 8.51. The molecule has 3 N–H and O–H groups in total. The van der Waals surface area contributed by atoms with Crippen molar-refractivity contribution in [1.82, 2.24) is 4.98 Å². The molecule has 2 rings (SSSR count). The summed E-state index contributed by atoms with van der Waals surface area (Å²) in [6, 6.07) is 6.19. The molecule has 0 saturated heterocycles. The Morgan fingerprint density at radius 3 is 2.56 bits per heavy atom. The van der Waals surface area contributed by atoms with Crippen molar-refractivity contribution in [2.24, 2.45) is 0 Å². The van der Waals surface area contributed by atoms with E-state index in [-0.39, 0.29) is 10.5 Å². The first kappa shape index (κ1) is 11.2. The second-order valence-corrected chi connectivity index (χ2v) is 5.57. The van der Waals surface area contributed by atoms with Gasteiger partial charge in [0, 0.05) is 22.8 Å². The first-order chi connectivity index (χ1) is 7.39. The number of hydrogen-bond donors (Lipinski definition) is 3. The maximum atomic E-state index is 11.5. The second kappa shape index (κ2) is 3.62. The van der Waals surface area contributed by atoms with Crippen molar-refractivity contribution >= 4 is 33.5 Å². The Hall–Kier alpha value is -1.31. The molecule has 0 radical (unpaired) electrons. The molecule has 7 heteroatoms. The maximum absolute atomic E-state index is 11.5. The molecule has 0 fully saturated rings. The van der Waals surface area contributed by atoms with E-state index in [1.54, 1.807) is 12.1 Å². The normalized spacial score (nSPS) is 11.9. The van der Waals surface area contributed by atoms with Crippen LogP contribution in [0.3, 0.4) is 0 Å². The van der Waals surface area contributed by atoms with Crippen LogP contribution in [0.2, 0.25) is 0 Å². The molecule has 0 spiro atoms. The van der Waals surface area contributed by atoms with Crippen LogP contribution in [-0.4, -0.2) is 36.8 Å². The minimum atomic E-state index is -3.33. The molecule has 1 heterocycles. The highest BCUT2D eigenvalue weighted by molar-refractivity contribution is 7.91. The number of H-pyrrole nitrogens is 1. The summed E-state index contributed by atoms with van der Waals surface area (Å²) >= 11 is 0. The number of benzene rings is 1. The Balaban J connectivity index is 2.78. The van der Waals surface area contributed by atoms with E-state index in [2.05, 4.69) is 4.98 Å². The second-order valence-electron chi connectivity index (χ2n) is 3.59. The third-order valence-corrected chi connectivity index (χ3v) is 3.48. The number of fused-ring (bicyclic) bond motifs is 1. The topological polar surface area (TPSA) is 90.4 Å². The van der Waals surface area contributed by atoms with Gasteiger partial charge in [-0.05, 0) is 18.2 Å². The maximum Gasteiger partial charge on any atom is 0.505 e. The molecule has 0 unspecified atom stereocenters. The number of rotatable bonds is 2. The molecule has 5 nitrogen and oxygen atoms in total. The van der Waals surface area contributed by atoms with Crippen LogP contribution in [0.1, 0.15) is 0 Å². The predicted octanol–water partition coefficient (Wildman–Crippen LogP) is -0.749. The van der Waals surface area contributed by atoms with Crippen molar-refractivity contribution < 1.29 is 18.5 Å². The Bertz CT molecular complexity index is 632. The van der Waals surface area contributed by atoms with Gasteiger partial charge in [0.2, 0.25) is 0 Å². The smallest absolute Gasteiger partial charge is 0.422 e. The SMILES string of the molecule is CS(=O)(=O)c1cccc2[nH]c(B(O)O)cc12. The Morgan fingerprint density at radius 2 is 2.00 bits per heavy atom. The van der Waals surface area contributed by atoms with E-state index in [1.807, 2.05) is 0 Å². The van der Waals surface area contributed by atoms with Crippen molar-refractivity contribution in [3.05, 3.63) is 24.3 Å². The van der Waals surface area contributed by atoms with Crippen molar-refractivity contribution in [1.29, 1.82) is 0 Å². The molecule has 0 amide bonds. The summed E-state index contributed by atoms with van der Waals surface area (Å²) in [4.78, 5) is 2.92. The lowest BCUT2D eigenvalue weighted by molar-refractivity contribution is 0.424. The third-order valence-electron chi connectivity index (χ3n) is 2.32. The van der Waals surface area contributed by atoms with E-state index in [4.69, 9.17) is 10.0 Å². The van der Waals surface area contributed by atoms with Crippen molar-refractivity contribution in [2.45, 2.75) is 4.90 Å². The minimum absolute atomic E-state index is 0.172. The average molecular weight is 239 g/mol. The zero-order chi connectivity index (χ0) is 11.9. The lowest BCUT2D eigenvalue weighted by Crippen LogP contribution is -2.30. The van der Waals surface area contributed by atoms with Crippen molar-refractivity contribution in [3.63, 3.8) is 0 Å².